The van der Waals surface area contributed by atoms with Gasteiger partial charge in [-0.2, -0.15) is 0 Å². The van der Waals surface area contributed by atoms with Gasteiger partial charge in [-0.25, -0.2) is 0 Å². The maximum absolute atomic E-state index is 11.6. The molecule has 0 aromatic heterocycles. The van der Waals surface area contributed by atoms with Crippen LogP contribution in [0.15, 0.2) is 0 Å². The Labute approximate surface area is 104 Å². The van der Waals surface area contributed by atoms with Crippen LogP contribution in [0.25, 0.3) is 0 Å². The largest absolute Gasteiger partial charge is 0.480 e. The molecule has 17 heavy (non-hydrogen) atoms. The Morgan fingerprint density at radius 1 is 1.47 bits per heavy atom. The number of likely N-dealkylation sites (N-methyl/N-ethyl adjacent to an activating group) is 1. The van der Waals surface area contributed by atoms with Gasteiger partial charge in [0.2, 0.25) is 0 Å². The van der Waals surface area contributed by atoms with Gasteiger partial charge in [-0.3, -0.25) is 9.69 Å². The van der Waals surface area contributed by atoms with E-state index in [4.69, 9.17) is 4.74 Å². The average molecular weight is 243 g/mol. The van der Waals surface area contributed by atoms with Crippen molar-refractivity contribution < 1.29 is 14.6 Å². The van der Waals surface area contributed by atoms with Crippen molar-refractivity contribution in [3.05, 3.63) is 0 Å². The van der Waals surface area contributed by atoms with Gasteiger partial charge in [-0.05, 0) is 45.1 Å². The normalized spacial score (nSPS) is 29.5. The summed E-state index contributed by atoms with van der Waals surface area (Å²) in [5.74, 6) is -0.000771. The van der Waals surface area contributed by atoms with E-state index in [-0.39, 0.29) is 0 Å². The van der Waals surface area contributed by atoms with Gasteiger partial charge in [-0.15, -0.1) is 0 Å². The molecule has 0 amide bonds. The van der Waals surface area contributed by atoms with Crippen molar-refractivity contribution in [2.45, 2.75) is 44.6 Å². The summed E-state index contributed by atoms with van der Waals surface area (Å²) in [6.45, 7) is 3.68. The van der Waals surface area contributed by atoms with Crippen molar-refractivity contribution in [1.82, 2.24) is 4.90 Å². The maximum Gasteiger partial charge on any atom is 0.324 e. The van der Waals surface area contributed by atoms with Gasteiger partial charge in [0.25, 0.3) is 0 Å². The van der Waals surface area contributed by atoms with E-state index in [2.05, 4.69) is 6.92 Å². The molecule has 1 aliphatic carbocycles. The summed E-state index contributed by atoms with van der Waals surface area (Å²) in [4.78, 5) is 13.6. The van der Waals surface area contributed by atoms with Gasteiger partial charge in [0.05, 0.1) is 0 Å². The minimum Gasteiger partial charge on any atom is -0.480 e. The first-order chi connectivity index (χ1) is 8.03. The summed E-state index contributed by atoms with van der Waals surface area (Å²) >= 11 is 0. The minimum absolute atomic E-state index is 0.639. The van der Waals surface area contributed by atoms with E-state index >= 15 is 0 Å². The first-order valence-corrected chi connectivity index (χ1v) is 6.46. The van der Waals surface area contributed by atoms with Crippen LogP contribution in [0.2, 0.25) is 0 Å². The molecule has 4 heteroatoms. The van der Waals surface area contributed by atoms with E-state index in [1.165, 1.54) is 0 Å². The van der Waals surface area contributed by atoms with Crippen molar-refractivity contribution in [2.75, 3.05) is 27.3 Å². The molecule has 0 aromatic rings. The third-order valence-corrected chi connectivity index (χ3v) is 4.07. The number of carbonyl (C=O) groups is 1. The maximum atomic E-state index is 11.6. The predicted octanol–water partition coefficient (Wildman–Crippen LogP) is 1.99. The molecule has 0 bridgehead atoms. The Morgan fingerprint density at radius 3 is 2.53 bits per heavy atom. The smallest absolute Gasteiger partial charge is 0.324 e. The molecule has 0 atom stereocenters. The monoisotopic (exact) mass is 243 g/mol. The predicted molar refractivity (Wildman–Crippen MR) is 67.1 cm³/mol. The van der Waals surface area contributed by atoms with Crippen LogP contribution in [-0.2, 0) is 9.53 Å². The number of carboxylic acid groups (broad SMARTS) is 1. The summed E-state index contributed by atoms with van der Waals surface area (Å²) in [6.07, 6.45) is 4.46. The van der Waals surface area contributed by atoms with Crippen LogP contribution in [-0.4, -0.2) is 48.8 Å². The molecular weight excluding hydrogens is 218 g/mol. The number of hydrogen-bond acceptors (Lipinski definition) is 3. The first-order valence-electron chi connectivity index (χ1n) is 6.46. The van der Waals surface area contributed by atoms with Crippen molar-refractivity contribution in [2.24, 2.45) is 5.92 Å². The molecule has 1 N–H and O–H groups in total. The molecule has 0 heterocycles. The van der Waals surface area contributed by atoms with Gasteiger partial charge in [0.1, 0.15) is 5.54 Å². The lowest BCUT2D eigenvalue weighted by Crippen LogP contribution is -2.55. The highest BCUT2D eigenvalue weighted by atomic mass is 16.5. The molecule has 0 spiro atoms. The number of aliphatic carboxylic acids is 1. The van der Waals surface area contributed by atoms with Gasteiger partial charge in [0, 0.05) is 20.3 Å². The zero-order valence-corrected chi connectivity index (χ0v) is 11.2. The lowest BCUT2D eigenvalue weighted by molar-refractivity contribution is -0.154. The van der Waals surface area contributed by atoms with E-state index in [0.29, 0.717) is 12.5 Å². The molecule has 0 aliphatic heterocycles. The molecule has 1 aliphatic rings. The number of methoxy groups -OCH3 is 1. The summed E-state index contributed by atoms with van der Waals surface area (Å²) in [7, 11) is 3.61. The Hall–Kier alpha value is -0.610. The zero-order chi connectivity index (χ0) is 12.9. The van der Waals surface area contributed by atoms with Crippen molar-refractivity contribution in [3.8, 4) is 0 Å². The third kappa shape index (κ3) is 3.42. The Morgan fingerprint density at radius 2 is 2.06 bits per heavy atom. The molecule has 1 rings (SSSR count). The third-order valence-electron chi connectivity index (χ3n) is 4.07. The Kier molecular flexibility index (Phi) is 5.40. The quantitative estimate of drug-likeness (QED) is 0.725. The van der Waals surface area contributed by atoms with Gasteiger partial charge < -0.3 is 9.84 Å². The molecule has 4 nitrogen and oxygen atoms in total. The fourth-order valence-electron chi connectivity index (χ4n) is 2.66. The van der Waals surface area contributed by atoms with Crippen LogP contribution < -0.4 is 0 Å². The van der Waals surface area contributed by atoms with Crippen LogP contribution >= 0.6 is 0 Å². The van der Waals surface area contributed by atoms with Crippen molar-refractivity contribution >= 4 is 5.97 Å². The molecule has 0 aromatic carbocycles. The summed E-state index contributed by atoms with van der Waals surface area (Å²) in [6, 6.07) is 0. The van der Waals surface area contributed by atoms with Crippen LogP contribution in [0.3, 0.4) is 0 Å². The zero-order valence-electron chi connectivity index (χ0n) is 11.2. The van der Waals surface area contributed by atoms with Crippen LogP contribution in [0.4, 0.5) is 0 Å². The molecule has 1 saturated carbocycles. The van der Waals surface area contributed by atoms with E-state index < -0.39 is 11.5 Å². The van der Waals surface area contributed by atoms with Gasteiger partial charge in [0.15, 0.2) is 0 Å². The molecule has 0 saturated heterocycles. The number of nitrogens with zero attached hydrogens (tertiary/aromatic N) is 1. The number of ether oxygens (including phenoxy) is 1. The second-order valence-electron chi connectivity index (χ2n) is 5.29. The molecule has 0 unspecified atom stereocenters. The lowest BCUT2D eigenvalue weighted by atomic mass is 9.76. The summed E-state index contributed by atoms with van der Waals surface area (Å²) in [5.41, 5.74) is -0.639. The SMILES string of the molecule is COCCCN(C)C1(C(=O)O)CCC(C)CC1. The second-order valence-corrected chi connectivity index (χ2v) is 5.29. The second kappa shape index (κ2) is 6.36. The molecular formula is C13H25NO3. The minimum atomic E-state index is -0.663. The number of rotatable bonds is 6. The molecule has 1 fully saturated rings. The highest BCUT2D eigenvalue weighted by Gasteiger charge is 2.44. The lowest BCUT2D eigenvalue weighted by Gasteiger charge is -2.42. The van der Waals surface area contributed by atoms with E-state index in [1.54, 1.807) is 7.11 Å². The van der Waals surface area contributed by atoms with Gasteiger partial charge in [-0.1, -0.05) is 6.92 Å². The highest BCUT2D eigenvalue weighted by Crippen LogP contribution is 2.36. The Balaban J connectivity index is 2.61. The molecule has 100 valence electrons. The van der Waals surface area contributed by atoms with Crippen LogP contribution in [0, 0.1) is 5.92 Å². The van der Waals surface area contributed by atoms with E-state index in [1.807, 2.05) is 11.9 Å². The van der Waals surface area contributed by atoms with Crippen molar-refractivity contribution in [3.63, 3.8) is 0 Å². The summed E-state index contributed by atoms with van der Waals surface area (Å²) in [5, 5.41) is 9.53. The van der Waals surface area contributed by atoms with Crippen LogP contribution in [0.1, 0.15) is 39.0 Å². The van der Waals surface area contributed by atoms with Crippen molar-refractivity contribution in [1.29, 1.82) is 0 Å². The summed E-state index contributed by atoms with van der Waals surface area (Å²) < 4.78 is 5.02. The van der Waals surface area contributed by atoms with Crippen LogP contribution in [0.5, 0.6) is 0 Å². The number of hydrogen-bond donors (Lipinski definition) is 1. The van der Waals surface area contributed by atoms with Gasteiger partial charge >= 0.3 is 5.97 Å². The standard InChI is InChI=1S/C13H25NO3/c1-11-5-7-13(8-6-11,12(15)16)14(2)9-4-10-17-3/h11H,4-10H2,1-3H3,(H,15,16). The topological polar surface area (TPSA) is 49.8 Å². The average Bonchev–Trinajstić information content (AvgIpc) is 2.30. The Bertz CT molecular complexity index is 247. The fourth-order valence-corrected chi connectivity index (χ4v) is 2.66. The highest BCUT2D eigenvalue weighted by molar-refractivity contribution is 5.78. The first kappa shape index (κ1) is 14.5. The molecule has 0 radical (unpaired) electrons. The fraction of sp³-hybridized carbons (Fsp3) is 0.923. The van der Waals surface area contributed by atoms with E-state index in [9.17, 15) is 9.90 Å². The van der Waals surface area contributed by atoms with E-state index in [0.717, 1.165) is 38.6 Å². The number of carboxylic acids is 1.